The van der Waals surface area contributed by atoms with Crippen molar-refractivity contribution in [3.05, 3.63) is 36.0 Å². The van der Waals surface area contributed by atoms with Crippen molar-refractivity contribution >= 4 is 11.8 Å². The Morgan fingerprint density at radius 3 is 2.57 bits per heavy atom. The summed E-state index contributed by atoms with van der Waals surface area (Å²) in [5.74, 6) is 0.892. The van der Waals surface area contributed by atoms with Crippen LogP contribution in [0.4, 0.5) is 0 Å². The molecule has 0 atom stereocenters. The smallest absolute Gasteiger partial charge is 0.119 e. The Balaban J connectivity index is 2.17. The van der Waals surface area contributed by atoms with Gasteiger partial charge in [-0.25, -0.2) is 0 Å². The molecule has 1 aromatic rings. The van der Waals surface area contributed by atoms with Crippen LogP contribution in [0.3, 0.4) is 0 Å². The Morgan fingerprint density at radius 1 is 1.21 bits per heavy atom. The molecule has 1 heterocycles. The third-order valence-corrected chi connectivity index (χ3v) is 1.96. The van der Waals surface area contributed by atoms with E-state index in [1.165, 1.54) is 0 Å². The van der Waals surface area contributed by atoms with Crippen LogP contribution < -0.4 is 10.2 Å². The van der Waals surface area contributed by atoms with Crippen molar-refractivity contribution in [1.29, 1.82) is 0 Å². The predicted octanol–water partition coefficient (Wildman–Crippen LogP) is 2.03. The number of hydrogen-bond acceptors (Lipinski definition) is 2. The molecule has 0 aliphatic carbocycles. The highest BCUT2D eigenvalue weighted by molar-refractivity contribution is 6.10. The highest BCUT2D eigenvalue weighted by atomic mass is 16.5. The molecule has 0 saturated heterocycles. The number of nitrogens with zero attached hydrogens (tertiary/aromatic N) is 2. The molecule has 1 aromatic carbocycles. The molecule has 0 unspecified atom stereocenters. The minimum absolute atomic E-state index is 0.693. The summed E-state index contributed by atoms with van der Waals surface area (Å²) in [4.78, 5) is 0. The van der Waals surface area contributed by atoms with Crippen molar-refractivity contribution < 1.29 is 4.74 Å². The lowest BCUT2D eigenvalue weighted by atomic mass is 10.1. The highest BCUT2D eigenvalue weighted by Crippen LogP contribution is 2.18. The van der Waals surface area contributed by atoms with Gasteiger partial charge in [-0.2, -0.15) is 10.5 Å². The van der Waals surface area contributed by atoms with Crippen LogP contribution in [0.2, 0.25) is 0 Å². The number of hydrogen-bond donors (Lipinski definition) is 0. The lowest BCUT2D eigenvalue weighted by Gasteiger charge is -2.03. The summed E-state index contributed by atoms with van der Waals surface area (Å²) in [5, 5.41) is 3.78. The van der Waals surface area contributed by atoms with E-state index in [-0.39, 0.29) is 0 Å². The van der Waals surface area contributed by atoms with Gasteiger partial charge in [0, 0.05) is 5.57 Å². The monoisotopic (exact) mass is 187 g/mol. The Bertz CT molecular complexity index is 365. The van der Waals surface area contributed by atoms with Gasteiger partial charge in [-0.05, 0) is 24.6 Å². The van der Waals surface area contributed by atoms with E-state index in [1.54, 1.807) is 12.4 Å². The fraction of sp³-hybridized carbons (Fsp3) is 0.182. The minimum atomic E-state index is 0.693. The standard InChI is InChI=1S/C11H11N2O/c1-2-14-11-5-3-9(4-6-11)10-7-12-13-8-10/h3-8H,2H2,1H3. The summed E-state index contributed by atoms with van der Waals surface area (Å²) >= 11 is 0. The van der Waals surface area contributed by atoms with E-state index >= 15 is 0 Å². The molecule has 71 valence electrons. The Kier molecular flexibility index (Phi) is 2.49. The SMILES string of the molecule is CCOc1ccc(C2=C[N]N=C2)cc1. The molecule has 1 radical (unpaired) electrons. The van der Waals surface area contributed by atoms with Gasteiger partial charge in [-0.1, -0.05) is 12.1 Å². The first-order valence-electron chi connectivity index (χ1n) is 4.57. The first kappa shape index (κ1) is 8.81. The molecule has 0 amide bonds. The van der Waals surface area contributed by atoms with Crippen molar-refractivity contribution in [2.24, 2.45) is 5.10 Å². The molecule has 3 nitrogen and oxygen atoms in total. The van der Waals surface area contributed by atoms with E-state index in [0.717, 1.165) is 16.9 Å². The van der Waals surface area contributed by atoms with Crippen molar-refractivity contribution in [1.82, 2.24) is 5.43 Å². The molecule has 0 bridgehead atoms. The van der Waals surface area contributed by atoms with Gasteiger partial charge >= 0.3 is 0 Å². The second kappa shape index (κ2) is 3.96. The highest BCUT2D eigenvalue weighted by Gasteiger charge is 2.03. The van der Waals surface area contributed by atoms with Crippen molar-refractivity contribution in [3.63, 3.8) is 0 Å². The number of benzene rings is 1. The van der Waals surface area contributed by atoms with Gasteiger partial charge < -0.3 is 4.74 Å². The topological polar surface area (TPSA) is 35.7 Å². The second-order valence-electron chi connectivity index (χ2n) is 2.90. The van der Waals surface area contributed by atoms with Gasteiger partial charge in [-0.3, -0.25) is 0 Å². The van der Waals surface area contributed by atoms with Crippen LogP contribution in [0.25, 0.3) is 5.57 Å². The van der Waals surface area contributed by atoms with E-state index < -0.39 is 0 Å². The van der Waals surface area contributed by atoms with Crippen LogP contribution in [0, 0.1) is 0 Å². The first-order chi connectivity index (χ1) is 6.90. The van der Waals surface area contributed by atoms with Gasteiger partial charge in [0.15, 0.2) is 0 Å². The quantitative estimate of drug-likeness (QED) is 0.713. The Morgan fingerprint density at radius 2 is 2.00 bits per heavy atom. The van der Waals surface area contributed by atoms with Crippen molar-refractivity contribution in [2.75, 3.05) is 6.61 Å². The molecule has 0 spiro atoms. The Hall–Kier alpha value is -1.77. The average Bonchev–Trinajstić information content (AvgIpc) is 2.72. The molecule has 3 heteroatoms. The Labute approximate surface area is 83.1 Å². The zero-order valence-electron chi connectivity index (χ0n) is 7.97. The molecular formula is C11H11N2O. The maximum absolute atomic E-state index is 5.35. The summed E-state index contributed by atoms with van der Waals surface area (Å²) < 4.78 is 5.35. The largest absolute Gasteiger partial charge is 0.494 e. The van der Waals surface area contributed by atoms with Gasteiger partial charge in [0.25, 0.3) is 0 Å². The fourth-order valence-electron chi connectivity index (χ4n) is 1.28. The van der Waals surface area contributed by atoms with Gasteiger partial charge in [0.2, 0.25) is 0 Å². The number of ether oxygens (including phenoxy) is 1. The molecule has 2 rings (SSSR count). The van der Waals surface area contributed by atoms with Gasteiger partial charge in [0.05, 0.1) is 19.0 Å². The molecular weight excluding hydrogens is 176 g/mol. The minimum Gasteiger partial charge on any atom is -0.494 e. The van der Waals surface area contributed by atoms with E-state index in [2.05, 4.69) is 10.5 Å². The summed E-state index contributed by atoms with van der Waals surface area (Å²) in [6, 6.07) is 7.91. The van der Waals surface area contributed by atoms with Crippen LogP contribution in [0.1, 0.15) is 12.5 Å². The third-order valence-electron chi connectivity index (χ3n) is 1.96. The fourth-order valence-corrected chi connectivity index (χ4v) is 1.28. The zero-order chi connectivity index (χ0) is 9.80. The van der Waals surface area contributed by atoms with Crippen LogP contribution in [0.5, 0.6) is 5.75 Å². The van der Waals surface area contributed by atoms with Crippen molar-refractivity contribution in [2.45, 2.75) is 6.92 Å². The van der Waals surface area contributed by atoms with Gasteiger partial charge in [0.1, 0.15) is 5.75 Å². The van der Waals surface area contributed by atoms with Crippen LogP contribution >= 0.6 is 0 Å². The van der Waals surface area contributed by atoms with E-state index in [0.29, 0.717) is 6.61 Å². The lowest BCUT2D eigenvalue weighted by molar-refractivity contribution is 0.340. The van der Waals surface area contributed by atoms with E-state index in [9.17, 15) is 0 Å². The van der Waals surface area contributed by atoms with E-state index in [4.69, 9.17) is 4.74 Å². The summed E-state index contributed by atoms with van der Waals surface area (Å²) in [6.07, 6.45) is 3.49. The van der Waals surface area contributed by atoms with Crippen LogP contribution in [-0.4, -0.2) is 12.8 Å². The predicted molar refractivity (Wildman–Crippen MR) is 56.2 cm³/mol. The number of rotatable bonds is 3. The molecule has 0 N–H and O–H groups in total. The van der Waals surface area contributed by atoms with E-state index in [1.807, 2.05) is 31.2 Å². The second-order valence-corrected chi connectivity index (χ2v) is 2.90. The maximum Gasteiger partial charge on any atom is 0.119 e. The normalized spacial score (nSPS) is 13.6. The molecule has 14 heavy (non-hydrogen) atoms. The molecule has 1 aliphatic heterocycles. The zero-order valence-corrected chi connectivity index (χ0v) is 7.97. The van der Waals surface area contributed by atoms with Crippen LogP contribution in [-0.2, 0) is 0 Å². The summed E-state index contributed by atoms with van der Waals surface area (Å²) in [7, 11) is 0. The third kappa shape index (κ3) is 1.76. The lowest BCUT2D eigenvalue weighted by Crippen LogP contribution is -1.91. The maximum atomic E-state index is 5.35. The first-order valence-corrected chi connectivity index (χ1v) is 4.57. The molecule has 0 saturated carbocycles. The average molecular weight is 187 g/mol. The van der Waals surface area contributed by atoms with Crippen molar-refractivity contribution in [3.8, 4) is 5.75 Å². The number of allylic oxidation sites excluding steroid dienone is 1. The summed E-state index contributed by atoms with van der Waals surface area (Å²) in [6.45, 7) is 2.66. The molecule has 0 fully saturated rings. The molecule has 0 aromatic heterocycles. The molecule has 1 aliphatic rings. The summed E-state index contributed by atoms with van der Waals surface area (Å²) in [5.41, 5.74) is 5.92. The van der Waals surface area contributed by atoms with Crippen LogP contribution in [0.15, 0.2) is 35.6 Å². The van der Waals surface area contributed by atoms with Gasteiger partial charge in [-0.15, -0.1) is 0 Å².